The quantitative estimate of drug-likeness (QED) is 0.0636. The Morgan fingerprint density at radius 2 is 1.93 bits per heavy atom. The predicted octanol–water partition coefficient (Wildman–Crippen LogP) is 2.96. The number of aryl methyl sites for hydroxylation is 1. The summed E-state index contributed by atoms with van der Waals surface area (Å²) >= 11 is 16.3. The van der Waals surface area contributed by atoms with Crippen LogP contribution in [0.4, 0.5) is 0 Å². The molecule has 0 saturated carbocycles. The molecule has 2 amide bonds. The van der Waals surface area contributed by atoms with Crippen LogP contribution in [-0.2, 0) is 20.9 Å². The number of aliphatic carboxylic acids is 1. The van der Waals surface area contributed by atoms with Crippen LogP contribution >= 0.6 is 58.5 Å². The van der Waals surface area contributed by atoms with Crippen LogP contribution in [-0.4, -0.2) is 69.0 Å². The Morgan fingerprint density at radius 3 is 2.63 bits per heavy atom. The summed E-state index contributed by atoms with van der Waals surface area (Å²) in [5.74, 6) is -0.902. The Morgan fingerprint density at radius 1 is 1.17 bits per heavy atom. The molecule has 0 unspecified atom stereocenters. The molecular formula is C26H29Cl2N6O4S3+. The second-order valence-electron chi connectivity index (χ2n) is 9.15. The van der Waals surface area contributed by atoms with Crippen molar-refractivity contribution >= 4 is 82.2 Å². The average molecular weight is 657 g/mol. The maximum Gasteiger partial charge on any atom is 0.352 e. The molecule has 15 heteroatoms. The Bertz CT molecular complexity index is 1370. The van der Waals surface area contributed by atoms with Gasteiger partial charge < -0.3 is 21.9 Å². The summed E-state index contributed by atoms with van der Waals surface area (Å²) in [5.41, 5.74) is 11.3. The molecule has 3 heterocycles. The summed E-state index contributed by atoms with van der Waals surface area (Å²) in [7, 11) is 0. The van der Waals surface area contributed by atoms with Crippen molar-refractivity contribution in [3.05, 3.63) is 64.0 Å². The standard InChI is InChI=1S/C26H28Cl2N6O4S3/c27-16-3-4-18(28)19(11-16)40-14-20(35)32-21-23(36)34-22(25(37)38)15(13-41-24(21)34)12-39-17-5-9-33(10-6-17)8-2-1-7-31-26(29)30/h3-6,9-11,21,24H,1-2,7-8,12-14H2,(H5-,29,30,31,32,35,37,38)/p+1/t21-,24+/m0/s1. The van der Waals surface area contributed by atoms with E-state index in [4.69, 9.17) is 34.7 Å². The van der Waals surface area contributed by atoms with Gasteiger partial charge in [0.2, 0.25) is 5.91 Å². The number of β-lactam (4-membered cyclic amide) rings is 1. The Balaban J connectivity index is 1.30. The van der Waals surface area contributed by atoms with E-state index < -0.39 is 23.3 Å². The van der Waals surface area contributed by atoms with E-state index in [1.54, 1.807) is 18.2 Å². The number of nitrogens with zero attached hydrogens (tertiary/aromatic N) is 3. The van der Waals surface area contributed by atoms with Crippen molar-refractivity contribution in [1.82, 2.24) is 10.2 Å². The van der Waals surface area contributed by atoms with Crippen LogP contribution in [0.3, 0.4) is 0 Å². The molecule has 4 rings (SSSR count). The first-order chi connectivity index (χ1) is 19.6. The number of hydrogen-bond donors (Lipinski definition) is 4. The first-order valence-electron chi connectivity index (χ1n) is 12.6. The molecule has 0 spiro atoms. The largest absolute Gasteiger partial charge is 0.477 e. The fraction of sp³-hybridized carbons (Fsp3) is 0.346. The number of rotatable bonds is 13. The number of halogens is 2. The molecule has 2 aliphatic heterocycles. The van der Waals surface area contributed by atoms with Gasteiger partial charge in [0.05, 0.1) is 10.8 Å². The highest BCUT2D eigenvalue weighted by Gasteiger charge is 2.54. The van der Waals surface area contributed by atoms with Gasteiger partial charge in [-0.05, 0) is 30.2 Å². The molecule has 1 aromatic carbocycles. The van der Waals surface area contributed by atoms with Crippen LogP contribution < -0.4 is 21.4 Å². The highest BCUT2D eigenvalue weighted by atomic mass is 35.5. The molecule has 2 atom stereocenters. The first-order valence-corrected chi connectivity index (χ1v) is 16.4. The van der Waals surface area contributed by atoms with Crippen molar-refractivity contribution in [3.63, 3.8) is 0 Å². The minimum absolute atomic E-state index is 0.00334. The lowest BCUT2D eigenvalue weighted by molar-refractivity contribution is -0.697. The number of benzene rings is 1. The van der Waals surface area contributed by atoms with Gasteiger partial charge in [-0.1, -0.05) is 23.2 Å². The number of thioether (sulfide) groups is 3. The van der Waals surface area contributed by atoms with Crippen LogP contribution in [0.1, 0.15) is 12.8 Å². The number of unbranched alkanes of at least 4 members (excludes halogenated alkanes) is 1. The number of nitrogens with one attached hydrogen (secondary N) is 1. The third kappa shape index (κ3) is 8.25. The van der Waals surface area contributed by atoms with Crippen LogP contribution in [0.25, 0.3) is 0 Å². The van der Waals surface area contributed by atoms with Crippen molar-refractivity contribution in [2.24, 2.45) is 16.5 Å². The first kappa shape index (κ1) is 31.4. The van der Waals surface area contributed by atoms with Crippen molar-refractivity contribution < 1.29 is 24.1 Å². The van der Waals surface area contributed by atoms with Gasteiger partial charge in [0.25, 0.3) is 5.91 Å². The second-order valence-corrected chi connectivity index (χ2v) is 13.2. The molecule has 10 nitrogen and oxygen atoms in total. The van der Waals surface area contributed by atoms with E-state index in [-0.39, 0.29) is 23.3 Å². The molecule has 2 aromatic rings. The highest BCUT2D eigenvalue weighted by molar-refractivity contribution is 8.01. The van der Waals surface area contributed by atoms with Crippen LogP contribution in [0.2, 0.25) is 10.0 Å². The molecule has 0 radical (unpaired) electrons. The van der Waals surface area contributed by atoms with Crippen molar-refractivity contribution in [2.45, 2.75) is 40.6 Å². The Labute approximate surface area is 260 Å². The summed E-state index contributed by atoms with van der Waals surface area (Å²) in [6.45, 7) is 1.43. The molecule has 1 aromatic heterocycles. The van der Waals surface area contributed by atoms with E-state index in [1.165, 1.54) is 40.2 Å². The van der Waals surface area contributed by atoms with Gasteiger partial charge in [-0.15, -0.1) is 35.3 Å². The van der Waals surface area contributed by atoms with Gasteiger partial charge >= 0.3 is 5.97 Å². The molecule has 0 bridgehead atoms. The normalized spacial score (nSPS) is 18.0. The van der Waals surface area contributed by atoms with Crippen molar-refractivity contribution in [3.8, 4) is 0 Å². The SMILES string of the molecule is NC(N)=NCCCC[n+]1ccc(SCC2=C(C(=O)O)N3C(=O)[C@H](NC(=O)CSc4cc(Cl)ccc4Cl)[C@H]3SC2)cc1. The number of aliphatic imine (C=N–C) groups is 1. The zero-order valence-corrected chi connectivity index (χ0v) is 25.8. The summed E-state index contributed by atoms with van der Waals surface area (Å²) < 4.78 is 2.07. The van der Waals surface area contributed by atoms with E-state index in [0.717, 1.165) is 24.3 Å². The smallest absolute Gasteiger partial charge is 0.352 e. The summed E-state index contributed by atoms with van der Waals surface area (Å²) in [4.78, 5) is 44.6. The zero-order chi connectivity index (χ0) is 29.5. The van der Waals surface area contributed by atoms with E-state index in [2.05, 4.69) is 14.9 Å². The van der Waals surface area contributed by atoms with Crippen LogP contribution in [0.15, 0.2) is 68.8 Å². The van der Waals surface area contributed by atoms with Gasteiger partial charge in [0.1, 0.15) is 23.7 Å². The number of hydrogen-bond acceptors (Lipinski definition) is 7. The number of pyridine rings is 1. The molecule has 0 aliphatic carbocycles. The molecule has 1 saturated heterocycles. The minimum atomic E-state index is -1.15. The lowest BCUT2D eigenvalue weighted by atomic mass is 10.0. The summed E-state index contributed by atoms with van der Waals surface area (Å²) in [5, 5.41) is 13.2. The lowest BCUT2D eigenvalue weighted by Gasteiger charge is -2.49. The topological polar surface area (TPSA) is 155 Å². The van der Waals surface area contributed by atoms with E-state index in [0.29, 0.717) is 38.6 Å². The minimum Gasteiger partial charge on any atom is -0.477 e. The third-order valence-corrected chi connectivity index (χ3v) is 10.4. The fourth-order valence-electron chi connectivity index (χ4n) is 4.21. The number of aromatic nitrogens is 1. The van der Waals surface area contributed by atoms with E-state index in [1.807, 2.05) is 24.5 Å². The van der Waals surface area contributed by atoms with Crippen molar-refractivity contribution in [2.75, 3.05) is 23.8 Å². The lowest BCUT2D eigenvalue weighted by Crippen LogP contribution is -2.70. The monoisotopic (exact) mass is 655 g/mol. The number of fused-ring (bicyclic) bond motifs is 1. The van der Waals surface area contributed by atoms with Gasteiger partial charge in [-0.2, -0.15) is 0 Å². The molecular weight excluding hydrogens is 627 g/mol. The number of carboxylic acids is 1. The number of nitrogens with two attached hydrogens (primary N) is 2. The number of carboxylic acid groups (broad SMARTS) is 1. The zero-order valence-electron chi connectivity index (χ0n) is 21.8. The maximum atomic E-state index is 13.0. The number of carbonyl (C=O) groups excluding carboxylic acids is 2. The van der Waals surface area contributed by atoms with Gasteiger partial charge in [-0.3, -0.25) is 19.5 Å². The van der Waals surface area contributed by atoms with Crippen molar-refractivity contribution in [1.29, 1.82) is 0 Å². The predicted molar refractivity (Wildman–Crippen MR) is 164 cm³/mol. The van der Waals surface area contributed by atoms with Gasteiger partial charge in [-0.25, -0.2) is 9.36 Å². The summed E-state index contributed by atoms with van der Waals surface area (Å²) in [6, 6.07) is 8.17. The number of guanidine groups is 1. The van der Waals surface area contributed by atoms with Crippen LogP contribution in [0.5, 0.6) is 0 Å². The molecule has 41 heavy (non-hydrogen) atoms. The van der Waals surface area contributed by atoms with Gasteiger partial charge in [0.15, 0.2) is 18.4 Å². The van der Waals surface area contributed by atoms with E-state index in [9.17, 15) is 19.5 Å². The van der Waals surface area contributed by atoms with Gasteiger partial charge in [0, 0.05) is 51.4 Å². The second kappa shape index (κ2) is 14.5. The molecule has 1 fully saturated rings. The average Bonchev–Trinajstić information content (AvgIpc) is 2.94. The fourth-order valence-corrected chi connectivity index (χ4v) is 7.89. The Kier molecular flexibility index (Phi) is 11.1. The van der Waals surface area contributed by atoms with Crippen LogP contribution in [0, 0.1) is 0 Å². The third-order valence-electron chi connectivity index (χ3n) is 6.21. The highest BCUT2D eigenvalue weighted by Crippen LogP contribution is 2.41. The Hall–Kier alpha value is -2.58. The number of carbonyl (C=O) groups is 3. The maximum absolute atomic E-state index is 13.0. The summed E-state index contributed by atoms with van der Waals surface area (Å²) in [6.07, 6.45) is 5.77. The molecule has 218 valence electrons. The molecule has 2 aliphatic rings. The van der Waals surface area contributed by atoms with E-state index >= 15 is 0 Å². The molecule has 6 N–H and O–H groups in total. The number of amides is 2.